The van der Waals surface area contributed by atoms with E-state index in [1.807, 2.05) is 31.2 Å². The number of hydrogen-bond acceptors (Lipinski definition) is 5. The van der Waals surface area contributed by atoms with Gasteiger partial charge in [0.2, 0.25) is 0 Å². The highest BCUT2D eigenvalue weighted by molar-refractivity contribution is 6.11. The number of rotatable bonds is 3. The van der Waals surface area contributed by atoms with E-state index in [-0.39, 0.29) is 17.8 Å². The van der Waals surface area contributed by atoms with Gasteiger partial charge >= 0.3 is 0 Å². The number of ether oxygens (including phenoxy) is 1. The first-order valence-electron chi connectivity index (χ1n) is 11.4. The molecule has 1 amide bonds. The molecule has 1 N–H and O–H groups in total. The van der Waals surface area contributed by atoms with Crippen LogP contribution in [0.4, 0.5) is 15.8 Å². The van der Waals surface area contributed by atoms with Gasteiger partial charge in [0.05, 0.1) is 36.6 Å². The number of aromatic nitrogens is 4. The fraction of sp³-hybridized carbons (Fsp3) is 0.320. The van der Waals surface area contributed by atoms with Gasteiger partial charge in [-0.05, 0) is 44.2 Å². The number of morpholine rings is 1. The zero-order chi connectivity index (χ0) is 23.6. The number of hydrogen-bond donors (Lipinski definition) is 1. The normalized spacial score (nSPS) is 20.4. The molecule has 0 bridgehead atoms. The molecule has 2 aromatic carbocycles. The molecule has 4 aromatic rings. The van der Waals surface area contributed by atoms with Crippen molar-refractivity contribution in [2.45, 2.75) is 25.9 Å². The van der Waals surface area contributed by atoms with Gasteiger partial charge in [-0.15, -0.1) is 0 Å². The number of halogens is 1. The Kier molecular flexibility index (Phi) is 4.70. The highest BCUT2D eigenvalue weighted by atomic mass is 19.1. The Hall–Kier alpha value is -3.72. The summed E-state index contributed by atoms with van der Waals surface area (Å²) >= 11 is 0. The predicted octanol–water partition coefficient (Wildman–Crippen LogP) is 3.72. The van der Waals surface area contributed by atoms with Crippen LogP contribution in [0.15, 0.2) is 42.7 Å². The number of aromatic amines is 1. The minimum atomic E-state index is -0.618. The van der Waals surface area contributed by atoms with Crippen molar-refractivity contribution in [3.63, 3.8) is 0 Å². The molecule has 2 atom stereocenters. The summed E-state index contributed by atoms with van der Waals surface area (Å²) in [5.41, 5.74) is 5.47. The maximum Gasteiger partial charge on any atom is 0.280 e. The largest absolute Gasteiger partial charge is 0.377 e. The molecule has 2 aromatic heterocycles. The quantitative estimate of drug-likeness (QED) is 0.504. The molecule has 9 heteroatoms. The zero-order valence-corrected chi connectivity index (χ0v) is 19.2. The molecule has 1 fully saturated rings. The SMILES string of the molecule is Cc1c2c(nn1C)C(=O)N(c1ccc3nc[nH]c3c1)C2c1ccc(N2CCOC[C@@H]2C)cc1F. The summed E-state index contributed by atoms with van der Waals surface area (Å²) in [4.78, 5) is 24.7. The van der Waals surface area contributed by atoms with E-state index >= 15 is 4.39 Å². The molecular weight excluding hydrogens is 435 g/mol. The number of aryl methyl sites for hydroxylation is 1. The molecule has 0 saturated carbocycles. The molecule has 0 radical (unpaired) electrons. The Balaban J connectivity index is 1.48. The number of nitrogens with zero attached hydrogens (tertiary/aromatic N) is 5. The van der Waals surface area contributed by atoms with Crippen molar-refractivity contribution in [1.82, 2.24) is 19.7 Å². The van der Waals surface area contributed by atoms with Crippen LogP contribution in [0.5, 0.6) is 0 Å². The standard InChI is InChI=1S/C25H25FN6O2/c1-14-12-34-9-8-31(14)16-4-6-18(19(26)10-16)24-22-15(2)30(3)29-23(22)25(33)32(24)17-5-7-20-21(11-17)28-13-27-20/h4-7,10-11,13-14,24H,8-9,12H2,1-3H3,(H,27,28)/t14-,24?/m0/s1. The number of fused-ring (bicyclic) bond motifs is 2. The van der Waals surface area contributed by atoms with Crippen LogP contribution in [0, 0.1) is 12.7 Å². The number of amides is 1. The van der Waals surface area contributed by atoms with Gasteiger partial charge in [-0.3, -0.25) is 14.4 Å². The van der Waals surface area contributed by atoms with Crippen LogP contribution in [0.1, 0.15) is 40.3 Å². The van der Waals surface area contributed by atoms with E-state index in [4.69, 9.17) is 4.74 Å². The Labute approximate surface area is 195 Å². The maximum absolute atomic E-state index is 15.8. The first-order valence-corrected chi connectivity index (χ1v) is 11.4. The van der Waals surface area contributed by atoms with Gasteiger partial charge in [-0.25, -0.2) is 9.37 Å². The van der Waals surface area contributed by atoms with Crippen LogP contribution >= 0.6 is 0 Å². The zero-order valence-electron chi connectivity index (χ0n) is 19.2. The third-order valence-electron chi connectivity index (χ3n) is 6.99. The van der Waals surface area contributed by atoms with Crippen LogP contribution in [0.25, 0.3) is 11.0 Å². The molecule has 8 nitrogen and oxygen atoms in total. The third-order valence-corrected chi connectivity index (χ3v) is 6.99. The highest BCUT2D eigenvalue weighted by Crippen LogP contribution is 2.44. The fourth-order valence-corrected chi connectivity index (χ4v) is 5.13. The second-order valence-corrected chi connectivity index (χ2v) is 8.98. The topological polar surface area (TPSA) is 79.3 Å². The van der Waals surface area contributed by atoms with Gasteiger partial charge in [0.25, 0.3) is 5.91 Å². The molecule has 1 unspecified atom stereocenters. The van der Waals surface area contributed by atoms with Crippen LogP contribution in [-0.2, 0) is 11.8 Å². The monoisotopic (exact) mass is 460 g/mol. The van der Waals surface area contributed by atoms with Gasteiger partial charge in [0, 0.05) is 47.8 Å². The van der Waals surface area contributed by atoms with Crippen molar-refractivity contribution in [2.75, 3.05) is 29.6 Å². The molecular formula is C25H25FN6O2. The van der Waals surface area contributed by atoms with Gasteiger partial charge in [0.15, 0.2) is 5.69 Å². The Bertz CT molecular complexity index is 1430. The van der Waals surface area contributed by atoms with Crippen molar-refractivity contribution >= 4 is 28.3 Å². The number of carbonyl (C=O) groups excluding carboxylic acids is 1. The van der Waals surface area contributed by atoms with E-state index < -0.39 is 6.04 Å². The molecule has 1 saturated heterocycles. The van der Waals surface area contributed by atoms with E-state index in [1.54, 1.807) is 35.1 Å². The second kappa shape index (κ2) is 7.66. The van der Waals surface area contributed by atoms with E-state index in [1.165, 1.54) is 0 Å². The fourth-order valence-electron chi connectivity index (χ4n) is 5.13. The molecule has 2 aliphatic heterocycles. The Morgan fingerprint density at radius 1 is 1.18 bits per heavy atom. The highest BCUT2D eigenvalue weighted by Gasteiger charge is 2.44. The lowest BCUT2D eigenvalue weighted by atomic mass is 9.97. The molecule has 0 aliphatic carbocycles. The van der Waals surface area contributed by atoms with Crippen molar-refractivity contribution in [1.29, 1.82) is 0 Å². The summed E-state index contributed by atoms with van der Waals surface area (Å²) < 4.78 is 23.0. The van der Waals surface area contributed by atoms with Crippen LogP contribution < -0.4 is 9.80 Å². The smallest absolute Gasteiger partial charge is 0.280 e. The van der Waals surface area contributed by atoms with Crippen molar-refractivity contribution in [3.8, 4) is 0 Å². The predicted molar refractivity (Wildman–Crippen MR) is 127 cm³/mol. The molecule has 2 aliphatic rings. The van der Waals surface area contributed by atoms with E-state index in [2.05, 4.69) is 26.9 Å². The summed E-state index contributed by atoms with van der Waals surface area (Å²) in [5, 5.41) is 4.47. The molecule has 174 valence electrons. The van der Waals surface area contributed by atoms with Crippen LogP contribution in [0.3, 0.4) is 0 Å². The summed E-state index contributed by atoms with van der Waals surface area (Å²) in [7, 11) is 1.80. The van der Waals surface area contributed by atoms with Gasteiger partial charge in [0.1, 0.15) is 5.82 Å². The molecule has 6 rings (SSSR count). The van der Waals surface area contributed by atoms with Crippen LogP contribution in [-0.4, -0.2) is 51.5 Å². The number of benzene rings is 2. The number of nitrogens with one attached hydrogen (secondary N) is 1. The average molecular weight is 461 g/mol. The van der Waals surface area contributed by atoms with Gasteiger partial charge < -0.3 is 14.6 Å². The van der Waals surface area contributed by atoms with Crippen molar-refractivity contribution in [2.24, 2.45) is 7.05 Å². The summed E-state index contributed by atoms with van der Waals surface area (Å²) in [6.07, 6.45) is 1.61. The van der Waals surface area contributed by atoms with Gasteiger partial charge in [-0.1, -0.05) is 6.07 Å². The Morgan fingerprint density at radius 2 is 2.00 bits per heavy atom. The second-order valence-electron chi connectivity index (χ2n) is 8.98. The van der Waals surface area contributed by atoms with E-state index in [9.17, 15) is 4.79 Å². The van der Waals surface area contributed by atoms with E-state index in [0.29, 0.717) is 36.7 Å². The lowest BCUT2D eigenvalue weighted by Gasteiger charge is -2.35. The van der Waals surface area contributed by atoms with E-state index in [0.717, 1.165) is 28.0 Å². The number of carbonyl (C=O) groups is 1. The summed E-state index contributed by atoms with van der Waals surface area (Å²) in [5.74, 6) is -0.592. The Morgan fingerprint density at radius 3 is 2.79 bits per heavy atom. The first kappa shape index (κ1) is 20.9. The number of imidazole rings is 1. The third kappa shape index (κ3) is 3.03. The maximum atomic E-state index is 15.8. The van der Waals surface area contributed by atoms with Gasteiger partial charge in [-0.2, -0.15) is 5.10 Å². The minimum absolute atomic E-state index is 0.164. The summed E-state index contributed by atoms with van der Waals surface area (Å²) in [6, 6.07) is 10.4. The first-order chi connectivity index (χ1) is 16.4. The van der Waals surface area contributed by atoms with Crippen molar-refractivity contribution < 1.29 is 13.9 Å². The molecule has 34 heavy (non-hydrogen) atoms. The van der Waals surface area contributed by atoms with Crippen molar-refractivity contribution in [3.05, 3.63) is 71.1 Å². The lowest BCUT2D eigenvalue weighted by Crippen LogP contribution is -2.43. The number of H-pyrrole nitrogens is 1. The summed E-state index contributed by atoms with van der Waals surface area (Å²) in [6.45, 7) is 5.92. The lowest BCUT2D eigenvalue weighted by molar-refractivity contribution is 0.0985. The average Bonchev–Trinajstić information content (AvgIpc) is 3.49. The minimum Gasteiger partial charge on any atom is -0.377 e. The molecule has 0 spiro atoms. The van der Waals surface area contributed by atoms with Crippen LogP contribution in [0.2, 0.25) is 0 Å². The molecule has 4 heterocycles. The number of anilines is 2.